The van der Waals surface area contributed by atoms with Gasteiger partial charge in [-0.1, -0.05) is 47.5 Å². The topological polar surface area (TPSA) is 55.4 Å². The number of ether oxygens (including phenoxy) is 1. The van der Waals surface area contributed by atoms with E-state index in [1.807, 2.05) is 18.2 Å². The average Bonchev–Trinajstić information content (AvgIpc) is 2.61. The first-order chi connectivity index (χ1) is 12.5. The lowest BCUT2D eigenvalue weighted by Crippen LogP contribution is -2.39. The molecule has 0 aliphatic heterocycles. The van der Waals surface area contributed by atoms with E-state index >= 15 is 0 Å². The zero-order valence-electron chi connectivity index (χ0n) is 14.3. The molecule has 0 fully saturated rings. The van der Waals surface area contributed by atoms with Crippen LogP contribution >= 0.6 is 23.2 Å². The maximum Gasteiger partial charge on any atom is 0.340 e. The second kappa shape index (κ2) is 8.11. The highest BCUT2D eigenvalue weighted by Crippen LogP contribution is 2.29. The smallest absolute Gasteiger partial charge is 0.340 e. The molecule has 1 aliphatic carbocycles. The summed E-state index contributed by atoms with van der Waals surface area (Å²) in [5.74, 6) is -0.983. The van der Waals surface area contributed by atoms with Crippen LogP contribution < -0.4 is 5.32 Å². The molecule has 1 amide bonds. The molecule has 1 N–H and O–H groups in total. The number of fused-ring (bicyclic) bond motifs is 1. The van der Waals surface area contributed by atoms with E-state index in [9.17, 15) is 9.59 Å². The van der Waals surface area contributed by atoms with Gasteiger partial charge in [0.05, 0.1) is 16.6 Å². The number of nitrogens with one attached hydrogen (secondary N) is 1. The second-order valence-electron chi connectivity index (χ2n) is 6.32. The Labute approximate surface area is 162 Å². The second-order valence-corrected chi connectivity index (χ2v) is 7.17. The van der Waals surface area contributed by atoms with Crippen molar-refractivity contribution in [3.05, 3.63) is 69.2 Å². The number of halogens is 2. The third-order valence-electron chi connectivity index (χ3n) is 4.49. The lowest BCUT2D eigenvalue weighted by Gasteiger charge is -2.27. The highest BCUT2D eigenvalue weighted by Gasteiger charge is 2.26. The van der Waals surface area contributed by atoms with Crippen molar-refractivity contribution in [1.29, 1.82) is 0 Å². The Morgan fingerprint density at radius 3 is 2.73 bits per heavy atom. The minimum atomic E-state index is -0.927. The Balaban J connectivity index is 1.64. The molecule has 2 aromatic rings. The third kappa shape index (κ3) is 4.19. The molecule has 4 nitrogen and oxygen atoms in total. The molecule has 0 saturated carbocycles. The highest BCUT2D eigenvalue weighted by molar-refractivity contribution is 6.36. The Kier molecular flexibility index (Phi) is 5.84. The van der Waals surface area contributed by atoms with Gasteiger partial charge in [0.1, 0.15) is 0 Å². The molecule has 1 aliphatic rings. The molecule has 2 atom stereocenters. The molecule has 0 unspecified atom stereocenters. The summed E-state index contributed by atoms with van der Waals surface area (Å²) in [6.45, 7) is 1.55. The fourth-order valence-electron chi connectivity index (χ4n) is 3.13. The summed E-state index contributed by atoms with van der Waals surface area (Å²) < 4.78 is 5.27. The van der Waals surface area contributed by atoms with E-state index in [1.54, 1.807) is 13.0 Å². The maximum atomic E-state index is 12.5. The van der Waals surface area contributed by atoms with Crippen LogP contribution in [-0.4, -0.2) is 18.0 Å². The Morgan fingerprint density at radius 1 is 1.19 bits per heavy atom. The van der Waals surface area contributed by atoms with Gasteiger partial charge in [-0.15, -0.1) is 0 Å². The fourth-order valence-corrected chi connectivity index (χ4v) is 3.61. The van der Waals surface area contributed by atoms with E-state index in [4.69, 9.17) is 27.9 Å². The number of rotatable bonds is 4. The van der Waals surface area contributed by atoms with Gasteiger partial charge in [-0.25, -0.2) is 4.79 Å². The molecule has 0 aromatic heterocycles. The molecule has 0 bridgehead atoms. The van der Waals surface area contributed by atoms with Crippen LogP contribution in [0, 0.1) is 0 Å². The summed E-state index contributed by atoms with van der Waals surface area (Å²) >= 11 is 11.8. The number of hydrogen-bond acceptors (Lipinski definition) is 3. The Bertz CT molecular complexity index is 838. The summed E-state index contributed by atoms with van der Waals surface area (Å²) in [5, 5.41) is 3.60. The Morgan fingerprint density at radius 2 is 1.96 bits per heavy atom. The molecular formula is C20H19Cl2NO3. The number of hydrogen-bond donors (Lipinski definition) is 1. The van der Waals surface area contributed by atoms with Gasteiger partial charge in [0.25, 0.3) is 5.91 Å². The standard InChI is InChI=1S/C20H19Cl2NO3/c1-12(26-20(25)16-10-9-14(21)11-17(16)22)19(24)23-18-8-4-6-13-5-2-3-7-15(13)18/h2-3,5,7,9-12,18H,4,6,8H2,1H3,(H,23,24)/t12-,18+/m0/s1. The molecular weight excluding hydrogens is 373 g/mol. The van der Waals surface area contributed by atoms with Crippen LogP contribution in [0.1, 0.15) is 47.3 Å². The van der Waals surface area contributed by atoms with Crippen LogP contribution in [0.5, 0.6) is 0 Å². The molecule has 0 heterocycles. The number of benzene rings is 2. The molecule has 3 rings (SSSR count). The Hall–Kier alpha value is -2.04. The molecule has 26 heavy (non-hydrogen) atoms. The van der Waals surface area contributed by atoms with Crippen LogP contribution in [0.2, 0.25) is 10.0 Å². The van der Waals surface area contributed by atoms with Gasteiger partial charge in [-0.2, -0.15) is 0 Å². The summed E-state index contributed by atoms with van der Waals surface area (Å²) in [6, 6.07) is 12.5. The van der Waals surface area contributed by atoms with Crippen LogP contribution in [0.3, 0.4) is 0 Å². The predicted molar refractivity (Wildman–Crippen MR) is 102 cm³/mol. The zero-order chi connectivity index (χ0) is 18.7. The largest absolute Gasteiger partial charge is 0.449 e. The van der Waals surface area contributed by atoms with E-state index in [1.165, 1.54) is 17.7 Å². The minimum absolute atomic E-state index is 0.0623. The predicted octanol–water partition coefficient (Wildman–Crippen LogP) is 4.73. The van der Waals surface area contributed by atoms with Gasteiger partial charge in [-0.3, -0.25) is 4.79 Å². The monoisotopic (exact) mass is 391 g/mol. The van der Waals surface area contributed by atoms with Gasteiger partial charge in [0.15, 0.2) is 6.10 Å². The van der Waals surface area contributed by atoms with Crippen molar-refractivity contribution >= 4 is 35.1 Å². The number of esters is 1. The lowest BCUT2D eigenvalue weighted by molar-refractivity contribution is -0.130. The van der Waals surface area contributed by atoms with Gasteiger partial charge in [-0.05, 0) is 55.5 Å². The SMILES string of the molecule is C[C@H](OC(=O)c1ccc(Cl)cc1Cl)C(=O)N[C@@H]1CCCc2ccccc21. The first kappa shape index (κ1) is 18.7. The van der Waals surface area contributed by atoms with Gasteiger partial charge in [0, 0.05) is 5.02 Å². The first-order valence-electron chi connectivity index (χ1n) is 8.50. The summed E-state index contributed by atoms with van der Waals surface area (Å²) in [7, 11) is 0. The molecule has 136 valence electrons. The number of carbonyl (C=O) groups is 2. The summed E-state index contributed by atoms with van der Waals surface area (Å²) in [5.41, 5.74) is 2.56. The van der Waals surface area contributed by atoms with Crippen molar-refractivity contribution in [1.82, 2.24) is 5.32 Å². The van der Waals surface area contributed by atoms with E-state index < -0.39 is 12.1 Å². The van der Waals surface area contributed by atoms with E-state index in [-0.39, 0.29) is 22.5 Å². The maximum absolute atomic E-state index is 12.5. The lowest BCUT2D eigenvalue weighted by atomic mass is 9.87. The van der Waals surface area contributed by atoms with Gasteiger partial charge >= 0.3 is 5.97 Å². The van der Waals surface area contributed by atoms with Crippen molar-refractivity contribution in [2.75, 3.05) is 0 Å². The molecule has 2 aromatic carbocycles. The molecule has 0 radical (unpaired) electrons. The summed E-state index contributed by atoms with van der Waals surface area (Å²) in [6.07, 6.45) is 1.97. The van der Waals surface area contributed by atoms with Crippen LogP contribution in [0.25, 0.3) is 0 Å². The zero-order valence-corrected chi connectivity index (χ0v) is 15.8. The summed E-state index contributed by atoms with van der Waals surface area (Å²) in [4.78, 5) is 24.7. The van der Waals surface area contributed by atoms with Crippen LogP contribution in [0.15, 0.2) is 42.5 Å². The van der Waals surface area contributed by atoms with Crippen molar-refractivity contribution in [2.24, 2.45) is 0 Å². The number of carbonyl (C=O) groups excluding carboxylic acids is 2. The normalized spacial score (nSPS) is 17.1. The third-order valence-corrected chi connectivity index (χ3v) is 5.04. The first-order valence-corrected chi connectivity index (χ1v) is 9.25. The minimum Gasteiger partial charge on any atom is -0.449 e. The van der Waals surface area contributed by atoms with E-state index in [0.717, 1.165) is 24.8 Å². The molecule has 6 heteroatoms. The van der Waals surface area contributed by atoms with Crippen LogP contribution in [0.4, 0.5) is 0 Å². The molecule has 0 saturated heterocycles. The number of amides is 1. The highest BCUT2D eigenvalue weighted by atomic mass is 35.5. The number of aryl methyl sites for hydroxylation is 1. The average molecular weight is 392 g/mol. The van der Waals surface area contributed by atoms with E-state index in [0.29, 0.717) is 5.02 Å². The van der Waals surface area contributed by atoms with Crippen molar-refractivity contribution in [2.45, 2.75) is 38.3 Å². The van der Waals surface area contributed by atoms with E-state index in [2.05, 4.69) is 11.4 Å². The van der Waals surface area contributed by atoms with Crippen molar-refractivity contribution in [3.8, 4) is 0 Å². The van der Waals surface area contributed by atoms with Gasteiger partial charge < -0.3 is 10.1 Å². The van der Waals surface area contributed by atoms with Crippen molar-refractivity contribution in [3.63, 3.8) is 0 Å². The molecule has 0 spiro atoms. The van der Waals surface area contributed by atoms with Crippen molar-refractivity contribution < 1.29 is 14.3 Å². The quantitative estimate of drug-likeness (QED) is 0.766. The van der Waals surface area contributed by atoms with Gasteiger partial charge in [0.2, 0.25) is 0 Å². The van der Waals surface area contributed by atoms with Crippen LogP contribution in [-0.2, 0) is 16.0 Å². The fraction of sp³-hybridized carbons (Fsp3) is 0.300.